The minimum absolute atomic E-state index is 0.328. The lowest BCUT2D eigenvalue weighted by Crippen LogP contribution is -2.46. The summed E-state index contributed by atoms with van der Waals surface area (Å²) in [6, 6.07) is 22.9. The van der Waals surface area contributed by atoms with Crippen LogP contribution in [-0.2, 0) is 4.74 Å². The summed E-state index contributed by atoms with van der Waals surface area (Å²) in [7, 11) is 0. The second-order valence-corrected chi connectivity index (χ2v) is 12.7. The van der Waals surface area contributed by atoms with E-state index in [1.54, 1.807) is 0 Å². The van der Waals surface area contributed by atoms with Gasteiger partial charge >= 0.3 is 12.1 Å². The largest absolute Gasteiger partial charge is 0.491 e. The molecule has 5 aromatic rings. The first-order valence-electron chi connectivity index (χ1n) is 14.9. The molecule has 0 aliphatic heterocycles. The number of carbonyl (C=O) groups is 2. The first-order chi connectivity index (χ1) is 21.3. The predicted molar refractivity (Wildman–Crippen MR) is 181 cm³/mol. The third-order valence-corrected chi connectivity index (χ3v) is 7.27. The van der Waals surface area contributed by atoms with Gasteiger partial charge in [0.15, 0.2) is 5.82 Å². The van der Waals surface area contributed by atoms with Gasteiger partial charge < -0.3 is 31.2 Å². The zero-order valence-corrected chi connectivity index (χ0v) is 26.5. The van der Waals surface area contributed by atoms with Crippen molar-refractivity contribution in [3.8, 4) is 16.9 Å². The van der Waals surface area contributed by atoms with Gasteiger partial charge in [0.2, 0.25) is 0 Å². The van der Waals surface area contributed by atoms with Gasteiger partial charge in [-0.2, -0.15) is 5.10 Å². The van der Waals surface area contributed by atoms with Crippen molar-refractivity contribution in [3.63, 3.8) is 0 Å². The third-order valence-electron chi connectivity index (χ3n) is 7.27. The molecule has 0 spiro atoms. The van der Waals surface area contributed by atoms with E-state index in [0.717, 1.165) is 38.5 Å². The number of anilines is 3. The Bertz CT molecular complexity index is 1870. The van der Waals surface area contributed by atoms with Crippen LogP contribution in [0.15, 0.2) is 72.8 Å². The first kappa shape index (κ1) is 31.2. The van der Waals surface area contributed by atoms with E-state index in [0.29, 0.717) is 35.8 Å². The molecule has 0 atom stereocenters. The number of benzene rings is 4. The van der Waals surface area contributed by atoms with Crippen molar-refractivity contribution < 1.29 is 19.1 Å². The minimum Gasteiger partial charge on any atom is -0.491 e. The summed E-state index contributed by atoms with van der Waals surface area (Å²) in [4.78, 5) is 25.2. The van der Waals surface area contributed by atoms with Crippen molar-refractivity contribution >= 4 is 51.0 Å². The summed E-state index contributed by atoms with van der Waals surface area (Å²) in [5, 5.41) is 18.7. The van der Waals surface area contributed by atoms with Gasteiger partial charge in [0, 0.05) is 23.0 Å². The Balaban J connectivity index is 1.37. The lowest BCUT2D eigenvalue weighted by atomic mass is 9.94. The molecule has 0 radical (unpaired) electrons. The van der Waals surface area contributed by atoms with Crippen LogP contribution in [0.2, 0.25) is 0 Å². The maximum atomic E-state index is 12.9. The molecule has 0 aliphatic carbocycles. The molecule has 0 aliphatic rings. The highest BCUT2D eigenvalue weighted by atomic mass is 16.6. The van der Waals surface area contributed by atoms with E-state index >= 15 is 0 Å². The highest BCUT2D eigenvalue weighted by Gasteiger charge is 2.25. The van der Waals surface area contributed by atoms with Gasteiger partial charge in [-0.1, -0.05) is 42.5 Å². The number of nitrogens with one attached hydrogen (secondary N) is 4. The molecule has 0 saturated carbocycles. The molecule has 0 bridgehead atoms. The number of H-pyrrole nitrogens is 1. The van der Waals surface area contributed by atoms with Crippen LogP contribution in [0, 0.1) is 6.92 Å². The van der Waals surface area contributed by atoms with Crippen molar-refractivity contribution in [2.75, 3.05) is 23.0 Å². The maximum absolute atomic E-state index is 12.9. The molecular formula is C35H40N6O4. The van der Waals surface area contributed by atoms with Crippen molar-refractivity contribution in [2.45, 2.75) is 59.1 Å². The molecule has 6 N–H and O–H groups in total. The average Bonchev–Trinajstić information content (AvgIpc) is 3.34. The number of hydrogen-bond donors (Lipinski definition) is 5. The van der Waals surface area contributed by atoms with Crippen LogP contribution in [0.25, 0.3) is 32.8 Å². The topological polar surface area (TPSA) is 143 Å². The van der Waals surface area contributed by atoms with Crippen LogP contribution in [0.1, 0.15) is 46.6 Å². The quantitative estimate of drug-likeness (QED) is 0.121. The Morgan fingerprint density at radius 2 is 1.62 bits per heavy atom. The average molecular weight is 609 g/mol. The van der Waals surface area contributed by atoms with Crippen LogP contribution >= 0.6 is 0 Å². The van der Waals surface area contributed by atoms with Crippen LogP contribution in [-0.4, -0.2) is 40.1 Å². The number of urea groups is 1. The summed E-state index contributed by atoms with van der Waals surface area (Å²) in [5.74, 6) is 0.947. The maximum Gasteiger partial charge on any atom is 0.408 e. The van der Waals surface area contributed by atoms with E-state index in [1.807, 2.05) is 114 Å². The third kappa shape index (κ3) is 7.46. The number of rotatable bonds is 8. The van der Waals surface area contributed by atoms with Crippen LogP contribution in [0.3, 0.4) is 0 Å². The van der Waals surface area contributed by atoms with Crippen LogP contribution in [0.4, 0.5) is 26.8 Å². The van der Waals surface area contributed by atoms with Gasteiger partial charge in [-0.05, 0) is 94.0 Å². The molecule has 10 heteroatoms. The molecule has 0 unspecified atom stereocenters. The normalized spacial score (nSPS) is 11.8. The minimum atomic E-state index is -0.580. The van der Waals surface area contributed by atoms with Gasteiger partial charge in [0.25, 0.3) is 0 Å². The summed E-state index contributed by atoms with van der Waals surface area (Å²) in [6.07, 6.45) is 0.0660. The number of amides is 3. The number of hydrogen-bond acceptors (Lipinski definition) is 6. The van der Waals surface area contributed by atoms with Crippen molar-refractivity contribution in [3.05, 3.63) is 78.4 Å². The van der Waals surface area contributed by atoms with Crippen molar-refractivity contribution in [1.82, 2.24) is 15.5 Å². The Hall–Kier alpha value is -5.25. The molecule has 234 valence electrons. The van der Waals surface area contributed by atoms with E-state index in [4.69, 9.17) is 15.2 Å². The number of ether oxygens (including phenoxy) is 2. The summed E-state index contributed by atoms with van der Waals surface area (Å²) in [5.41, 5.74) is 10.2. The van der Waals surface area contributed by atoms with E-state index < -0.39 is 17.2 Å². The lowest BCUT2D eigenvalue weighted by Gasteiger charge is -2.28. The predicted octanol–water partition coefficient (Wildman–Crippen LogP) is 7.99. The Morgan fingerprint density at radius 1 is 0.889 bits per heavy atom. The monoisotopic (exact) mass is 608 g/mol. The number of aromatic amines is 1. The van der Waals surface area contributed by atoms with Gasteiger partial charge in [-0.3, -0.25) is 5.10 Å². The Morgan fingerprint density at radius 3 is 2.36 bits per heavy atom. The van der Waals surface area contributed by atoms with Crippen LogP contribution < -0.4 is 26.4 Å². The van der Waals surface area contributed by atoms with Gasteiger partial charge in [-0.15, -0.1) is 0 Å². The number of nitrogen functional groups attached to an aromatic ring is 1. The number of fused-ring (bicyclic) bond motifs is 2. The van der Waals surface area contributed by atoms with Crippen LogP contribution in [0.5, 0.6) is 5.75 Å². The van der Waals surface area contributed by atoms with E-state index in [9.17, 15) is 9.59 Å². The highest BCUT2D eigenvalue weighted by Crippen LogP contribution is 2.41. The number of aryl methyl sites for hydroxylation is 1. The summed E-state index contributed by atoms with van der Waals surface area (Å²) >= 11 is 0. The second-order valence-electron chi connectivity index (χ2n) is 12.7. The van der Waals surface area contributed by atoms with Gasteiger partial charge in [-0.25, -0.2) is 9.59 Å². The molecule has 1 heterocycles. The molecule has 1 aromatic heterocycles. The SMILES string of the molecule is Cc1cccc(NC(=O)Nc2ccc(-c3ccc(OCCC(C)(C)NC(=O)OC(C)(C)C)c4[nH]nc(N)c34)c3ccccc23)c1. The zero-order chi connectivity index (χ0) is 32.4. The highest BCUT2D eigenvalue weighted by molar-refractivity contribution is 6.14. The summed E-state index contributed by atoms with van der Waals surface area (Å²) < 4.78 is 11.6. The number of aromatic nitrogens is 2. The molecule has 10 nitrogen and oxygen atoms in total. The molecular weight excluding hydrogens is 568 g/mol. The van der Waals surface area contributed by atoms with Gasteiger partial charge in [0.1, 0.15) is 16.9 Å². The molecule has 0 fully saturated rings. The first-order valence-corrected chi connectivity index (χ1v) is 14.9. The molecule has 5 rings (SSSR count). The smallest absolute Gasteiger partial charge is 0.408 e. The van der Waals surface area contributed by atoms with Crippen molar-refractivity contribution in [1.29, 1.82) is 0 Å². The standard InChI is InChI=1S/C35H40N6O4/c1-21-10-9-11-22(20-21)37-32(42)38-27-16-14-24(23-12-7-8-13-25(23)27)26-15-17-28(30-29(26)31(36)41-40-30)44-19-18-35(5,6)39-33(43)45-34(2,3)4/h7-17,20H,18-19H2,1-6H3,(H,39,43)(H3,36,40,41)(H2,37,38,42). The fourth-order valence-corrected chi connectivity index (χ4v) is 5.19. The van der Waals surface area contributed by atoms with E-state index in [-0.39, 0.29) is 6.03 Å². The van der Waals surface area contributed by atoms with Crippen molar-refractivity contribution in [2.24, 2.45) is 0 Å². The van der Waals surface area contributed by atoms with E-state index in [1.165, 1.54) is 0 Å². The van der Waals surface area contributed by atoms with Gasteiger partial charge in [0.05, 0.1) is 17.7 Å². The number of alkyl carbamates (subject to hydrolysis) is 1. The second kappa shape index (κ2) is 12.4. The Labute approximate surface area is 262 Å². The summed E-state index contributed by atoms with van der Waals surface area (Å²) in [6.45, 7) is 11.6. The molecule has 0 saturated heterocycles. The molecule has 4 aromatic carbocycles. The lowest BCUT2D eigenvalue weighted by molar-refractivity contribution is 0.0461. The molecule has 45 heavy (non-hydrogen) atoms. The number of carbonyl (C=O) groups excluding carboxylic acids is 2. The fraction of sp³-hybridized carbons (Fsp3) is 0.286. The Kier molecular flexibility index (Phi) is 8.59. The number of nitrogens with two attached hydrogens (primary N) is 1. The molecule has 3 amide bonds. The fourth-order valence-electron chi connectivity index (χ4n) is 5.19. The van der Waals surface area contributed by atoms with E-state index in [2.05, 4.69) is 26.1 Å². The zero-order valence-electron chi connectivity index (χ0n) is 26.5. The number of nitrogens with zero attached hydrogens (tertiary/aromatic N) is 1.